The van der Waals surface area contributed by atoms with Gasteiger partial charge in [0, 0.05) is 6.42 Å². The fraction of sp³-hybridized carbons (Fsp3) is 0.857. The maximum Gasteiger partial charge on any atom is 0.405 e. The summed E-state index contributed by atoms with van der Waals surface area (Å²) in [5.41, 5.74) is 0. The predicted molar refractivity (Wildman–Crippen MR) is 41.3 cm³/mol. The zero-order chi connectivity index (χ0) is 9.84. The first kappa shape index (κ1) is 10.2. The van der Waals surface area contributed by atoms with E-state index in [2.05, 4.69) is 0 Å². The molecular formula is C7H12FNO4. The van der Waals surface area contributed by atoms with Crippen LogP contribution >= 0.6 is 0 Å². The van der Waals surface area contributed by atoms with Gasteiger partial charge in [-0.25, -0.2) is 9.18 Å². The number of alkyl halides is 1. The fourth-order valence-corrected chi connectivity index (χ4v) is 1.25. The Kier molecular flexibility index (Phi) is 3.44. The summed E-state index contributed by atoms with van der Waals surface area (Å²) in [4.78, 5) is 10.2. The van der Waals surface area contributed by atoms with Crippen LogP contribution in [0.5, 0.6) is 0 Å². The average Bonchev–Trinajstić information content (AvgIpc) is 2.08. The molecule has 0 bridgehead atoms. The Morgan fingerprint density at radius 2 is 2.38 bits per heavy atom. The van der Waals surface area contributed by atoms with Crippen LogP contribution in [0.2, 0.25) is 0 Å². The summed E-state index contributed by atoms with van der Waals surface area (Å²) in [6.45, 7) is -0.265. The van der Waals surface area contributed by atoms with Crippen molar-refractivity contribution >= 4 is 6.09 Å². The SMILES string of the molecule is O=C(O)N[C@H]1CO[C@H](CO)C[C@@H]1F. The van der Waals surface area contributed by atoms with Crippen LogP contribution in [0.25, 0.3) is 0 Å². The lowest BCUT2D eigenvalue weighted by molar-refractivity contribution is -0.0605. The predicted octanol–water partition coefficient (Wildman–Crippen LogP) is -0.258. The van der Waals surface area contributed by atoms with Gasteiger partial charge in [-0.1, -0.05) is 0 Å². The maximum atomic E-state index is 13.1. The van der Waals surface area contributed by atoms with Crippen molar-refractivity contribution in [1.29, 1.82) is 0 Å². The Labute approximate surface area is 74.5 Å². The molecular weight excluding hydrogens is 181 g/mol. The van der Waals surface area contributed by atoms with E-state index in [-0.39, 0.29) is 19.6 Å². The van der Waals surface area contributed by atoms with Gasteiger partial charge in [0.2, 0.25) is 0 Å². The van der Waals surface area contributed by atoms with Gasteiger partial charge in [0.15, 0.2) is 0 Å². The molecule has 1 fully saturated rings. The summed E-state index contributed by atoms with van der Waals surface area (Å²) in [6.07, 6.45) is -3.04. The normalized spacial score (nSPS) is 34.2. The molecule has 76 valence electrons. The third kappa shape index (κ3) is 2.82. The molecule has 1 heterocycles. The lowest BCUT2D eigenvalue weighted by Gasteiger charge is -2.30. The van der Waals surface area contributed by atoms with Gasteiger partial charge in [-0.05, 0) is 0 Å². The lowest BCUT2D eigenvalue weighted by atomic mass is 10.0. The topological polar surface area (TPSA) is 78.8 Å². The number of halogens is 1. The van der Waals surface area contributed by atoms with Crippen LogP contribution in [0.3, 0.4) is 0 Å². The zero-order valence-electron chi connectivity index (χ0n) is 6.94. The Balaban J connectivity index is 2.39. The molecule has 5 nitrogen and oxygen atoms in total. The molecule has 0 saturated carbocycles. The number of hydrogen-bond donors (Lipinski definition) is 3. The molecule has 3 N–H and O–H groups in total. The first-order valence-electron chi connectivity index (χ1n) is 3.99. The van der Waals surface area contributed by atoms with E-state index >= 15 is 0 Å². The smallest absolute Gasteiger partial charge is 0.405 e. The summed E-state index contributed by atoms with van der Waals surface area (Å²) in [6, 6.07) is -0.819. The largest absolute Gasteiger partial charge is 0.465 e. The Bertz CT molecular complexity index is 189. The zero-order valence-corrected chi connectivity index (χ0v) is 6.94. The summed E-state index contributed by atoms with van der Waals surface area (Å²) in [5, 5.41) is 19.0. The number of carboxylic acid groups (broad SMARTS) is 1. The van der Waals surface area contributed by atoms with Crippen LogP contribution in [0, 0.1) is 0 Å². The van der Waals surface area contributed by atoms with Gasteiger partial charge >= 0.3 is 6.09 Å². The van der Waals surface area contributed by atoms with Crippen LogP contribution in [0.15, 0.2) is 0 Å². The molecule has 13 heavy (non-hydrogen) atoms. The molecule has 6 heteroatoms. The van der Waals surface area contributed by atoms with Gasteiger partial charge in [0.1, 0.15) is 6.17 Å². The van der Waals surface area contributed by atoms with Crippen LogP contribution < -0.4 is 5.32 Å². The molecule has 3 atom stereocenters. The number of amides is 1. The quantitative estimate of drug-likeness (QED) is 0.564. The van der Waals surface area contributed by atoms with Crippen molar-refractivity contribution in [2.24, 2.45) is 0 Å². The minimum absolute atomic E-state index is 0.0291. The number of carbonyl (C=O) groups is 1. The van der Waals surface area contributed by atoms with Gasteiger partial charge in [-0.3, -0.25) is 0 Å². The molecule has 0 aromatic heterocycles. The van der Waals surface area contributed by atoms with Gasteiger partial charge < -0.3 is 20.3 Å². The van der Waals surface area contributed by atoms with Crippen molar-refractivity contribution in [3.8, 4) is 0 Å². The van der Waals surface area contributed by atoms with E-state index in [1.165, 1.54) is 0 Å². The lowest BCUT2D eigenvalue weighted by Crippen LogP contribution is -2.50. The van der Waals surface area contributed by atoms with Crippen molar-refractivity contribution < 1.29 is 24.1 Å². The van der Waals surface area contributed by atoms with Gasteiger partial charge in [0.05, 0.1) is 25.4 Å². The molecule has 0 unspecified atom stereocenters. The summed E-state index contributed by atoms with van der Waals surface area (Å²) >= 11 is 0. The number of nitrogens with one attached hydrogen (secondary N) is 1. The first-order chi connectivity index (χ1) is 6.13. The van der Waals surface area contributed by atoms with Crippen molar-refractivity contribution in [2.75, 3.05) is 13.2 Å². The van der Waals surface area contributed by atoms with E-state index < -0.39 is 24.4 Å². The highest BCUT2D eigenvalue weighted by molar-refractivity contribution is 5.65. The number of aliphatic hydroxyl groups excluding tert-OH is 1. The highest BCUT2D eigenvalue weighted by Gasteiger charge is 2.31. The van der Waals surface area contributed by atoms with E-state index in [0.717, 1.165) is 0 Å². The van der Waals surface area contributed by atoms with E-state index in [4.69, 9.17) is 14.9 Å². The maximum absolute atomic E-state index is 13.1. The molecule has 0 radical (unpaired) electrons. The van der Waals surface area contributed by atoms with Crippen LogP contribution in [-0.2, 0) is 4.74 Å². The van der Waals surface area contributed by atoms with Crippen molar-refractivity contribution in [3.63, 3.8) is 0 Å². The number of hydrogen-bond acceptors (Lipinski definition) is 3. The van der Waals surface area contributed by atoms with Crippen molar-refractivity contribution in [3.05, 3.63) is 0 Å². The van der Waals surface area contributed by atoms with Gasteiger partial charge in [0.25, 0.3) is 0 Å². The minimum atomic E-state index is -1.29. The highest BCUT2D eigenvalue weighted by Crippen LogP contribution is 2.16. The van der Waals surface area contributed by atoms with Crippen LogP contribution in [-0.4, -0.2) is 47.8 Å². The van der Waals surface area contributed by atoms with E-state index in [1.807, 2.05) is 5.32 Å². The Morgan fingerprint density at radius 3 is 2.85 bits per heavy atom. The second-order valence-electron chi connectivity index (χ2n) is 2.95. The Hall–Kier alpha value is -0.880. The van der Waals surface area contributed by atoms with Gasteiger partial charge in [-0.2, -0.15) is 0 Å². The summed E-state index contributed by atoms with van der Waals surface area (Å²) in [7, 11) is 0. The molecule has 0 aromatic carbocycles. The molecule has 1 rings (SSSR count). The molecule has 0 aliphatic carbocycles. The summed E-state index contributed by atoms with van der Waals surface area (Å²) < 4.78 is 18.1. The minimum Gasteiger partial charge on any atom is -0.465 e. The monoisotopic (exact) mass is 193 g/mol. The second-order valence-corrected chi connectivity index (χ2v) is 2.95. The van der Waals surface area contributed by atoms with E-state index in [9.17, 15) is 9.18 Å². The average molecular weight is 193 g/mol. The summed E-state index contributed by atoms with van der Waals surface area (Å²) in [5.74, 6) is 0. The van der Waals surface area contributed by atoms with E-state index in [0.29, 0.717) is 0 Å². The molecule has 0 aromatic rings. The van der Waals surface area contributed by atoms with E-state index in [1.54, 1.807) is 0 Å². The third-order valence-electron chi connectivity index (χ3n) is 1.95. The Morgan fingerprint density at radius 1 is 1.69 bits per heavy atom. The van der Waals surface area contributed by atoms with Crippen molar-refractivity contribution in [1.82, 2.24) is 5.32 Å². The first-order valence-corrected chi connectivity index (χ1v) is 3.99. The number of ether oxygens (including phenoxy) is 1. The van der Waals surface area contributed by atoms with Crippen molar-refractivity contribution in [2.45, 2.75) is 24.7 Å². The van der Waals surface area contributed by atoms with Crippen LogP contribution in [0.4, 0.5) is 9.18 Å². The van der Waals surface area contributed by atoms with Gasteiger partial charge in [-0.15, -0.1) is 0 Å². The molecule has 1 aliphatic rings. The molecule has 0 spiro atoms. The highest BCUT2D eigenvalue weighted by atomic mass is 19.1. The third-order valence-corrected chi connectivity index (χ3v) is 1.95. The number of rotatable bonds is 2. The second kappa shape index (κ2) is 4.38. The number of aliphatic hydroxyl groups is 1. The molecule has 1 amide bonds. The van der Waals surface area contributed by atoms with Crippen LogP contribution in [0.1, 0.15) is 6.42 Å². The molecule has 1 aliphatic heterocycles. The standard InChI is InChI=1S/C7H12FNO4/c8-5-1-4(2-10)13-3-6(5)9-7(11)12/h4-6,9-10H,1-3H2,(H,11,12)/t4-,5-,6-/m0/s1. The molecule has 1 saturated heterocycles. The fourth-order valence-electron chi connectivity index (χ4n) is 1.25.